The first kappa shape index (κ1) is 12.3. The smallest absolute Gasteiger partial charge is 0.125 e. The number of nitrogens with one attached hydrogen (secondary N) is 1. The third kappa shape index (κ3) is 2.73. The lowest BCUT2D eigenvalue weighted by Gasteiger charge is -2.26. The van der Waals surface area contributed by atoms with E-state index in [0.29, 0.717) is 5.02 Å². The van der Waals surface area contributed by atoms with Crippen molar-refractivity contribution in [1.82, 2.24) is 0 Å². The first-order chi connectivity index (χ1) is 7.95. The van der Waals surface area contributed by atoms with Gasteiger partial charge in [0, 0.05) is 10.7 Å². The zero-order chi connectivity index (χ0) is 12.5. The fourth-order valence-electron chi connectivity index (χ4n) is 2.62. The summed E-state index contributed by atoms with van der Waals surface area (Å²) in [5, 5.41) is 13.5. The summed E-state index contributed by atoms with van der Waals surface area (Å²) >= 11 is 5.95. The van der Waals surface area contributed by atoms with Crippen LogP contribution >= 0.6 is 11.6 Å². The molecule has 1 aliphatic carbocycles. The second kappa shape index (κ2) is 4.23. The summed E-state index contributed by atoms with van der Waals surface area (Å²) in [5.41, 5.74) is 0.729. The van der Waals surface area contributed by atoms with E-state index in [2.05, 4.69) is 25.2 Å². The molecule has 0 amide bonds. The molecule has 3 heteroatoms. The topological polar surface area (TPSA) is 35.8 Å². The SMILES string of the molecule is CC1(C)CCC(C#N)(Nc2cccc(Cl)c2)C1. The highest BCUT2D eigenvalue weighted by atomic mass is 35.5. The second-order valence-electron chi connectivity index (χ2n) is 5.67. The standard InChI is InChI=1S/C14H17ClN2/c1-13(2)6-7-14(9-13,10-16)17-12-5-3-4-11(15)8-12/h3-5,8,17H,6-7,9H2,1-2H3. The van der Waals surface area contributed by atoms with Crippen molar-refractivity contribution in [1.29, 1.82) is 5.26 Å². The van der Waals surface area contributed by atoms with Crippen LogP contribution in [-0.2, 0) is 0 Å². The average molecular weight is 249 g/mol. The Hall–Kier alpha value is -1.20. The van der Waals surface area contributed by atoms with Gasteiger partial charge in [0.1, 0.15) is 5.54 Å². The lowest BCUT2D eigenvalue weighted by molar-refractivity contribution is 0.368. The van der Waals surface area contributed by atoms with E-state index >= 15 is 0 Å². The third-order valence-electron chi connectivity index (χ3n) is 3.43. The van der Waals surface area contributed by atoms with Gasteiger partial charge < -0.3 is 5.32 Å². The minimum atomic E-state index is -0.436. The zero-order valence-corrected chi connectivity index (χ0v) is 11.0. The van der Waals surface area contributed by atoms with Crippen LogP contribution in [0, 0.1) is 16.7 Å². The number of hydrogen-bond donors (Lipinski definition) is 1. The molecular weight excluding hydrogens is 232 g/mol. The molecule has 1 aromatic carbocycles. The van der Waals surface area contributed by atoms with Gasteiger partial charge in [0.05, 0.1) is 6.07 Å². The molecule has 0 aliphatic heterocycles. The van der Waals surface area contributed by atoms with Gasteiger partial charge in [-0.05, 0) is 42.9 Å². The van der Waals surface area contributed by atoms with Crippen LogP contribution in [-0.4, -0.2) is 5.54 Å². The molecule has 17 heavy (non-hydrogen) atoms. The van der Waals surface area contributed by atoms with Crippen LogP contribution in [0.15, 0.2) is 24.3 Å². The molecule has 0 spiro atoms. The first-order valence-electron chi connectivity index (χ1n) is 5.90. The van der Waals surface area contributed by atoms with Crippen molar-refractivity contribution >= 4 is 17.3 Å². The van der Waals surface area contributed by atoms with Gasteiger partial charge >= 0.3 is 0 Å². The van der Waals surface area contributed by atoms with Crippen LogP contribution in [0.25, 0.3) is 0 Å². The third-order valence-corrected chi connectivity index (χ3v) is 3.67. The van der Waals surface area contributed by atoms with Crippen molar-refractivity contribution < 1.29 is 0 Å². The van der Waals surface area contributed by atoms with Gasteiger partial charge in [-0.25, -0.2) is 0 Å². The van der Waals surface area contributed by atoms with Crippen molar-refractivity contribution in [2.24, 2.45) is 5.41 Å². The van der Waals surface area contributed by atoms with E-state index in [0.717, 1.165) is 24.9 Å². The van der Waals surface area contributed by atoms with E-state index in [1.807, 2.05) is 24.3 Å². The van der Waals surface area contributed by atoms with E-state index in [4.69, 9.17) is 11.6 Å². The number of benzene rings is 1. The number of halogens is 1. The Kier molecular flexibility index (Phi) is 3.05. The van der Waals surface area contributed by atoms with Gasteiger partial charge in [0.25, 0.3) is 0 Å². The first-order valence-corrected chi connectivity index (χ1v) is 6.28. The second-order valence-corrected chi connectivity index (χ2v) is 6.11. The summed E-state index contributed by atoms with van der Waals surface area (Å²) in [6.45, 7) is 4.43. The van der Waals surface area contributed by atoms with E-state index in [-0.39, 0.29) is 5.41 Å². The normalized spacial score (nSPS) is 26.5. The van der Waals surface area contributed by atoms with Crippen molar-refractivity contribution in [2.45, 2.75) is 38.6 Å². The number of rotatable bonds is 2. The maximum atomic E-state index is 9.43. The quantitative estimate of drug-likeness (QED) is 0.850. The van der Waals surface area contributed by atoms with Gasteiger partial charge in [-0.15, -0.1) is 0 Å². The highest BCUT2D eigenvalue weighted by Gasteiger charge is 2.43. The predicted molar refractivity (Wildman–Crippen MR) is 71.1 cm³/mol. The lowest BCUT2D eigenvalue weighted by Crippen LogP contribution is -2.34. The summed E-state index contributed by atoms with van der Waals surface area (Å²) in [5.74, 6) is 0. The van der Waals surface area contributed by atoms with Crippen molar-refractivity contribution in [3.05, 3.63) is 29.3 Å². The maximum absolute atomic E-state index is 9.43. The van der Waals surface area contributed by atoms with Gasteiger partial charge in [-0.1, -0.05) is 31.5 Å². The molecule has 0 radical (unpaired) electrons. The van der Waals surface area contributed by atoms with Crippen LogP contribution in [0.2, 0.25) is 5.02 Å². The lowest BCUT2D eigenvalue weighted by atomic mass is 9.88. The summed E-state index contributed by atoms with van der Waals surface area (Å²) in [4.78, 5) is 0. The molecule has 90 valence electrons. The summed E-state index contributed by atoms with van der Waals surface area (Å²) in [7, 11) is 0. The molecule has 1 N–H and O–H groups in total. The molecule has 1 saturated carbocycles. The summed E-state index contributed by atoms with van der Waals surface area (Å²) in [6.07, 6.45) is 2.85. The fraction of sp³-hybridized carbons (Fsp3) is 0.500. The van der Waals surface area contributed by atoms with Crippen LogP contribution < -0.4 is 5.32 Å². The molecule has 1 aromatic rings. The number of anilines is 1. The Morgan fingerprint density at radius 3 is 2.65 bits per heavy atom. The predicted octanol–water partition coefficient (Wildman–Crippen LogP) is 4.22. The fourth-order valence-corrected chi connectivity index (χ4v) is 2.81. The monoisotopic (exact) mass is 248 g/mol. The molecule has 1 unspecified atom stereocenters. The molecule has 1 fully saturated rings. The van der Waals surface area contributed by atoms with E-state index in [1.165, 1.54) is 0 Å². The van der Waals surface area contributed by atoms with E-state index in [1.54, 1.807) is 0 Å². The molecule has 2 rings (SSSR count). The van der Waals surface area contributed by atoms with Gasteiger partial charge in [0.2, 0.25) is 0 Å². The van der Waals surface area contributed by atoms with Gasteiger partial charge in [0.15, 0.2) is 0 Å². The van der Waals surface area contributed by atoms with Crippen molar-refractivity contribution in [3.8, 4) is 6.07 Å². The molecular formula is C14H17ClN2. The highest BCUT2D eigenvalue weighted by Crippen LogP contribution is 2.44. The van der Waals surface area contributed by atoms with Crippen LogP contribution in [0.4, 0.5) is 5.69 Å². The Morgan fingerprint density at radius 1 is 1.35 bits per heavy atom. The van der Waals surface area contributed by atoms with Crippen molar-refractivity contribution in [2.75, 3.05) is 5.32 Å². The average Bonchev–Trinajstić information content (AvgIpc) is 2.55. The zero-order valence-electron chi connectivity index (χ0n) is 10.3. The number of nitrogens with zero attached hydrogens (tertiary/aromatic N) is 1. The Bertz CT molecular complexity index is 462. The molecule has 1 atom stereocenters. The number of nitriles is 1. The Balaban J connectivity index is 2.20. The Labute approximate surface area is 108 Å². The van der Waals surface area contributed by atoms with Gasteiger partial charge in [-0.2, -0.15) is 5.26 Å². The van der Waals surface area contributed by atoms with Gasteiger partial charge in [-0.3, -0.25) is 0 Å². The molecule has 0 bridgehead atoms. The van der Waals surface area contributed by atoms with E-state index in [9.17, 15) is 5.26 Å². The van der Waals surface area contributed by atoms with Crippen LogP contribution in [0.5, 0.6) is 0 Å². The van der Waals surface area contributed by atoms with Crippen LogP contribution in [0.1, 0.15) is 33.1 Å². The molecule has 0 aromatic heterocycles. The number of hydrogen-bond acceptors (Lipinski definition) is 2. The maximum Gasteiger partial charge on any atom is 0.125 e. The van der Waals surface area contributed by atoms with E-state index < -0.39 is 5.54 Å². The summed E-state index contributed by atoms with van der Waals surface area (Å²) in [6, 6.07) is 10.0. The molecule has 0 saturated heterocycles. The molecule has 2 nitrogen and oxygen atoms in total. The van der Waals surface area contributed by atoms with Crippen molar-refractivity contribution in [3.63, 3.8) is 0 Å². The molecule has 0 heterocycles. The largest absolute Gasteiger partial charge is 0.367 e. The Morgan fingerprint density at radius 2 is 2.12 bits per heavy atom. The summed E-state index contributed by atoms with van der Waals surface area (Å²) < 4.78 is 0. The molecule has 1 aliphatic rings. The highest BCUT2D eigenvalue weighted by molar-refractivity contribution is 6.30. The van der Waals surface area contributed by atoms with Crippen LogP contribution in [0.3, 0.4) is 0 Å². The minimum Gasteiger partial charge on any atom is -0.367 e. The minimum absolute atomic E-state index is 0.237.